The summed E-state index contributed by atoms with van der Waals surface area (Å²) in [5.74, 6) is -0.475. The Hall–Kier alpha value is -2.86. The summed E-state index contributed by atoms with van der Waals surface area (Å²) in [5, 5.41) is 6.17. The lowest BCUT2D eigenvalue weighted by Gasteiger charge is -2.21. The van der Waals surface area contributed by atoms with E-state index >= 15 is 0 Å². The van der Waals surface area contributed by atoms with E-state index < -0.39 is 5.91 Å². The molecule has 0 aliphatic carbocycles. The van der Waals surface area contributed by atoms with Gasteiger partial charge in [0, 0.05) is 44.0 Å². The van der Waals surface area contributed by atoms with E-state index in [9.17, 15) is 9.59 Å². The average molecular weight is 352 g/mol. The molecule has 1 atom stereocenters. The zero-order valence-corrected chi connectivity index (χ0v) is 14.9. The number of carbonyl (C=O) groups excluding carboxylic acids is 2. The minimum atomic E-state index is -0.395. The van der Waals surface area contributed by atoms with Gasteiger partial charge < -0.3 is 21.3 Å². The number of nitrogens with one attached hydrogen (secondary N) is 2. The monoisotopic (exact) mass is 352 g/mol. The van der Waals surface area contributed by atoms with Gasteiger partial charge in [0.15, 0.2) is 0 Å². The minimum absolute atomic E-state index is 0.0796. The van der Waals surface area contributed by atoms with Crippen LogP contribution in [0.5, 0.6) is 0 Å². The molecule has 0 bridgehead atoms. The number of rotatable bonds is 6. The third-order valence-corrected chi connectivity index (χ3v) is 4.74. The van der Waals surface area contributed by atoms with Gasteiger partial charge in [-0.2, -0.15) is 0 Å². The van der Waals surface area contributed by atoms with Crippen LogP contribution >= 0.6 is 0 Å². The van der Waals surface area contributed by atoms with Crippen molar-refractivity contribution < 1.29 is 9.59 Å². The molecule has 1 heterocycles. The standard InChI is InChI=1S/C20H24N4O2/c1-22-20(26)15-8-6-14(7-9-15)12-23-16-10-11-24(13-16)18-5-3-2-4-17(18)19(21)25/h2-9,16,23H,10-13H2,1H3,(H2,21,25)(H,22,26). The van der Waals surface area contributed by atoms with E-state index in [2.05, 4.69) is 15.5 Å². The Morgan fingerprint density at radius 1 is 1.15 bits per heavy atom. The molecule has 1 fully saturated rings. The summed E-state index contributed by atoms with van der Waals surface area (Å²) in [7, 11) is 1.63. The molecule has 4 N–H and O–H groups in total. The van der Waals surface area contributed by atoms with Gasteiger partial charge in [0.2, 0.25) is 0 Å². The zero-order chi connectivity index (χ0) is 18.5. The summed E-state index contributed by atoms with van der Waals surface area (Å²) in [6.45, 7) is 2.46. The molecular formula is C20H24N4O2. The summed E-state index contributed by atoms with van der Waals surface area (Å²) < 4.78 is 0. The van der Waals surface area contributed by atoms with Gasteiger partial charge in [-0.3, -0.25) is 9.59 Å². The first kappa shape index (κ1) is 17.9. The normalized spacial score (nSPS) is 16.5. The first-order chi connectivity index (χ1) is 12.6. The maximum Gasteiger partial charge on any atom is 0.251 e. The lowest BCUT2D eigenvalue weighted by molar-refractivity contribution is 0.0961. The Bertz CT molecular complexity index is 789. The third-order valence-electron chi connectivity index (χ3n) is 4.74. The van der Waals surface area contributed by atoms with E-state index in [0.29, 0.717) is 17.2 Å². The molecule has 1 saturated heterocycles. The highest BCUT2D eigenvalue weighted by Crippen LogP contribution is 2.24. The van der Waals surface area contributed by atoms with Crippen molar-refractivity contribution in [2.45, 2.75) is 19.0 Å². The van der Waals surface area contributed by atoms with Crippen molar-refractivity contribution in [3.05, 3.63) is 65.2 Å². The van der Waals surface area contributed by atoms with Crippen molar-refractivity contribution in [3.8, 4) is 0 Å². The third kappa shape index (κ3) is 4.03. The van der Waals surface area contributed by atoms with E-state index in [4.69, 9.17) is 5.73 Å². The zero-order valence-electron chi connectivity index (χ0n) is 14.9. The van der Waals surface area contributed by atoms with Crippen LogP contribution in [0.25, 0.3) is 0 Å². The molecule has 6 nitrogen and oxygen atoms in total. The molecule has 3 rings (SSSR count). The topological polar surface area (TPSA) is 87.5 Å². The molecule has 2 aromatic carbocycles. The van der Waals surface area contributed by atoms with Gasteiger partial charge in [0.05, 0.1) is 5.56 Å². The highest BCUT2D eigenvalue weighted by Gasteiger charge is 2.24. The number of hydrogen-bond donors (Lipinski definition) is 3. The van der Waals surface area contributed by atoms with Crippen molar-refractivity contribution in [3.63, 3.8) is 0 Å². The van der Waals surface area contributed by atoms with Gasteiger partial charge in [0.25, 0.3) is 11.8 Å². The molecule has 136 valence electrons. The Morgan fingerprint density at radius 2 is 1.88 bits per heavy atom. The molecule has 0 radical (unpaired) electrons. The van der Waals surface area contributed by atoms with E-state index in [0.717, 1.165) is 37.3 Å². The number of primary amides is 1. The van der Waals surface area contributed by atoms with Crippen LogP contribution in [-0.4, -0.2) is 38.0 Å². The Balaban J connectivity index is 1.57. The van der Waals surface area contributed by atoms with Gasteiger partial charge >= 0.3 is 0 Å². The Morgan fingerprint density at radius 3 is 2.58 bits per heavy atom. The maximum atomic E-state index is 11.6. The van der Waals surface area contributed by atoms with Crippen LogP contribution in [0.4, 0.5) is 5.69 Å². The number of nitrogens with two attached hydrogens (primary N) is 1. The van der Waals surface area contributed by atoms with Gasteiger partial charge in [-0.25, -0.2) is 0 Å². The average Bonchev–Trinajstić information content (AvgIpc) is 3.15. The van der Waals surface area contributed by atoms with Gasteiger partial charge in [-0.05, 0) is 36.2 Å². The molecular weight excluding hydrogens is 328 g/mol. The fourth-order valence-corrected chi connectivity index (χ4v) is 3.28. The molecule has 1 unspecified atom stereocenters. The molecule has 6 heteroatoms. The van der Waals surface area contributed by atoms with Crippen molar-refractivity contribution >= 4 is 17.5 Å². The summed E-state index contributed by atoms with van der Waals surface area (Å²) in [5.41, 5.74) is 8.75. The highest BCUT2D eigenvalue weighted by molar-refractivity contribution is 5.98. The van der Waals surface area contributed by atoms with Crippen LogP contribution in [0.1, 0.15) is 32.7 Å². The number of nitrogens with zero attached hydrogens (tertiary/aromatic N) is 1. The predicted octanol–water partition coefficient (Wildman–Crippen LogP) is 1.51. The van der Waals surface area contributed by atoms with Crippen LogP contribution in [0.2, 0.25) is 0 Å². The van der Waals surface area contributed by atoms with E-state index in [-0.39, 0.29) is 5.91 Å². The van der Waals surface area contributed by atoms with E-state index in [1.54, 1.807) is 13.1 Å². The van der Waals surface area contributed by atoms with Crippen LogP contribution < -0.4 is 21.3 Å². The van der Waals surface area contributed by atoms with E-state index in [1.165, 1.54) is 0 Å². The largest absolute Gasteiger partial charge is 0.369 e. The van der Waals surface area contributed by atoms with Crippen molar-refractivity contribution in [2.24, 2.45) is 5.73 Å². The number of hydrogen-bond acceptors (Lipinski definition) is 4. The Labute approximate surface area is 153 Å². The molecule has 0 spiro atoms. The summed E-state index contributed by atoms with van der Waals surface area (Å²) in [6.07, 6.45) is 1.00. The number of amides is 2. The molecule has 0 saturated carbocycles. The second kappa shape index (κ2) is 8.01. The molecule has 1 aliphatic rings. The maximum absolute atomic E-state index is 11.6. The smallest absolute Gasteiger partial charge is 0.251 e. The summed E-state index contributed by atoms with van der Waals surface area (Å²) in [4.78, 5) is 25.4. The SMILES string of the molecule is CNC(=O)c1ccc(CNC2CCN(c3ccccc3C(N)=O)C2)cc1. The van der Waals surface area contributed by atoms with Crippen LogP contribution in [0, 0.1) is 0 Å². The lowest BCUT2D eigenvalue weighted by Crippen LogP contribution is -2.32. The van der Waals surface area contributed by atoms with Gasteiger partial charge in [0.1, 0.15) is 0 Å². The summed E-state index contributed by atoms with van der Waals surface area (Å²) in [6, 6.07) is 15.4. The second-order valence-corrected chi connectivity index (χ2v) is 6.47. The molecule has 1 aliphatic heterocycles. The molecule has 2 aromatic rings. The fraction of sp³-hybridized carbons (Fsp3) is 0.300. The van der Waals surface area contributed by atoms with Crippen LogP contribution in [-0.2, 0) is 6.54 Å². The van der Waals surface area contributed by atoms with Gasteiger partial charge in [-0.15, -0.1) is 0 Å². The van der Waals surface area contributed by atoms with Crippen LogP contribution in [0.15, 0.2) is 48.5 Å². The van der Waals surface area contributed by atoms with Gasteiger partial charge in [-0.1, -0.05) is 24.3 Å². The first-order valence-corrected chi connectivity index (χ1v) is 8.76. The molecule has 26 heavy (non-hydrogen) atoms. The quantitative estimate of drug-likeness (QED) is 0.735. The van der Waals surface area contributed by atoms with Crippen LogP contribution in [0.3, 0.4) is 0 Å². The molecule has 2 amide bonds. The predicted molar refractivity (Wildman–Crippen MR) is 102 cm³/mol. The second-order valence-electron chi connectivity index (χ2n) is 6.47. The number of anilines is 1. The molecule has 0 aromatic heterocycles. The fourth-order valence-electron chi connectivity index (χ4n) is 3.28. The lowest BCUT2D eigenvalue weighted by atomic mass is 10.1. The summed E-state index contributed by atoms with van der Waals surface area (Å²) >= 11 is 0. The van der Waals surface area contributed by atoms with Crippen molar-refractivity contribution in [1.29, 1.82) is 0 Å². The number of carbonyl (C=O) groups is 2. The number of benzene rings is 2. The number of para-hydroxylation sites is 1. The minimum Gasteiger partial charge on any atom is -0.369 e. The van der Waals surface area contributed by atoms with Crippen molar-refractivity contribution in [1.82, 2.24) is 10.6 Å². The van der Waals surface area contributed by atoms with E-state index in [1.807, 2.05) is 42.5 Å². The first-order valence-electron chi connectivity index (χ1n) is 8.76. The van der Waals surface area contributed by atoms with Crippen molar-refractivity contribution in [2.75, 3.05) is 25.0 Å². The highest BCUT2D eigenvalue weighted by atomic mass is 16.1. The Kier molecular flexibility index (Phi) is 5.53.